The maximum Gasteiger partial charge on any atom is 0.407 e. The molecular formula is C45H63N5O10S. The SMILES string of the molecule is C=C[C@H]1CC1(NC(=O)[C@@H]1C[C@@H]2CN1C(=O)[C@H](C1CCCCC1)NC(=O)OCC(C)(C)CCCc1cc3c(cc(OCCCCC)nc3cc1OC)O2)C(=O)NS(=O)(=O)C1CC1. The van der Waals surface area contributed by atoms with Crippen LogP contribution in [0.5, 0.6) is 17.4 Å². The van der Waals surface area contributed by atoms with Crippen LogP contribution in [0.2, 0.25) is 0 Å². The Labute approximate surface area is 359 Å². The number of hydrogen-bond acceptors (Lipinski definition) is 11. The summed E-state index contributed by atoms with van der Waals surface area (Å²) in [6.45, 7) is 10.6. The number of rotatable bonds is 13. The average Bonchev–Trinajstić information content (AvgIpc) is 4.17. The van der Waals surface area contributed by atoms with Crippen LogP contribution in [0.25, 0.3) is 10.9 Å². The molecule has 2 aliphatic heterocycles. The van der Waals surface area contributed by atoms with E-state index < -0.39 is 68.7 Å². The number of fused-ring (bicyclic) bond motifs is 3. The topological polar surface area (TPSA) is 192 Å². The van der Waals surface area contributed by atoms with Crippen LogP contribution in [0.4, 0.5) is 4.79 Å². The third-order valence-electron chi connectivity index (χ3n) is 13.1. The number of amides is 4. The zero-order valence-electron chi connectivity index (χ0n) is 36.1. The molecule has 4 amide bonds. The fourth-order valence-corrected chi connectivity index (χ4v) is 10.6. The zero-order chi connectivity index (χ0) is 43.5. The normalized spacial score (nSPS) is 27.2. The van der Waals surface area contributed by atoms with E-state index in [2.05, 4.69) is 28.9 Å². The van der Waals surface area contributed by atoms with Gasteiger partial charge in [0.1, 0.15) is 35.2 Å². The van der Waals surface area contributed by atoms with Gasteiger partial charge in [0, 0.05) is 29.9 Å². The number of carbonyl (C=O) groups excluding carboxylic acids is 4. The predicted molar refractivity (Wildman–Crippen MR) is 229 cm³/mol. The van der Waals surface area contributed by atoms with Crippen molar-refractivity contribution in [3.63, 3.8) is 0 Å². The van der Waals surface area contributed by atoms with Gasteiger partial charge in [-0.15, -0.1) is 6.58 Å². The molecular weight excluding hydrogens is 803 g/mol. The van der Waals surface area contributed by atoms with Gasteiger partial charge in [0.25, 0.3) is 5.91 Å². The molecule has 1 aromatic carbocycles. The number of aromatic nitrogens is 1. The molecule has 1 aromatic heterocycles. The maximum absolute atomic E-state index is 15.0. The highest BCUT2D eigenvalue weighted by molar-refractivity contribution is 7.91. The molecule has 3 N–H and O–H groups in total. The molecule has 4 fully saturated rings. The van der Waals surface area contributed by atoms with Crippen molar-refractivity contribution < 1.29 is 46.5 Å². The standard InChI is InChI=1S/C45H63N5O10S/c1-6-8-12-20-58-38-24-37-33-21-29(36(57-5)23-34(33)46-38)16-13-19-44(3,4)27-59-43(54)47-39(28-14-10-9-11-15-28)41(52)50-26-31(60-37)22-35(50)40(51)48-45(25-30(45)7-2)42(53)49-61(55,56)32-17-18-32/h7,21,23-24,28,30-32,35,39H,2,6,8-20,22,25-27H2,1,3-5H3,(H,47,54)(H,48,51)(H,49,53)/t30-,31+,35-,39-,45?/m0/s1. The number of alkyl carbamates (subject to hydrolysis) is 1. The summed E-state index contributed by atoms with van der Waals surface area (Å²) < 4.78 is 52.6. The monoisotopic (exact) mass is 865 g/mol. The van der Waals surface area contributed by atoms with Gasteiger partial charge in [-0.25, -0.2) is 18.2 Å². The first-order valence-corrected chi connectivity index (χ1v) is 23.8. The van der Waals surface area contributed by atoms with E-state index in [0.29, 0.717) is 61.6 Å². The summed E-state index contributed by atoms with van der Waals surface area (Å²) in [6.07, 6.45) is 10.5. The predicted octanol–water partition coefficient (Wildman–Crippen LogP) is 5.87. The second-order valence-corrected chi connectivity index (χ2v) is 20.4. The van der Waals surface area contributed by atoms with Gasteiger partial charge < -0.3 is 34.5 Å². The molecule has 5 aliphatic rings. The van der Waals surface area contributed by atoms with Gasteiger partial charge in [-0.1, -0.05) is 59.0 Å². The van der Waals surface area contributed by atoms with Gasteiger partial charge >= 0.3 is 6.09 Å². The lowest BCUT2D eigenvalue weighted by molar-refractivity contribution is -0.142. The van der Waals surface area contributed by atoms with Crippen LogP contribution in [0, 0.1) is 17.3 Å². The molecule has 1 saturated heterocycles. The fourth-order valence-electron chi connectivity index (χ4n) is 9.19. The first-order chi connectivity index (χ1) is 29.2. The number of methoxy groups -OCH3 is 1. The second-order valence-electron chi connectivity index (χ2n) is 18.5. The van der Waals surface area contributed by atoms with E-state index in [1.54, 1.807) is 13.2 Å². The summed E-state index contributed by atoms with van der Waals surface area (Å²) >= 11 is 0. The van der Waals surface area contributed by atoms with Crippen molar-refractivity contribution in [3.05, 3.63) is 36.4 Å². The number of ether oxygens (including phenoxy) is 4. The minimum absolute atomic E-state index is 0.0104. The summed E-state index contributed by atoms with van der Waals surface area (Å²) in [5.74, 6) is -1.12. The summed E-state index contributed by atoms with van der Waals surface area (Å²) in [5, 5.41) is 5.87. The van der Waals surface area contributed by atoms with Crippen molar-refractivity contribution in [2.24, 2.45) is 17.3 Å². The number of aryl methyl sites for hydroxylation is 1. The summed E-state index contributed by atoms with van der Waals surface area (Å²) in [6, 6.07) is 3.53. The van der Waals surface area contributed by atoms with Crippen LogP contribution in [0.1, 0.15) is 116 Å². The highest BCUT2D eigenvalue weighted by atomic mass is 32.2. The van der Waals surface area contributed by atoms with Crippen molar-refractivity contribution in [2.45, 2.75) is 146 Å². The molecule has 0 spiro atoms. The first kappa shape index (κ1) is 44.5. The molecule has 3 aliphatic carbocycles. The number of unbranched alkanes of at least 4 members (excludes halogenated alkanes) is 2. The van der Waals surface area contributed by atoms with Crippen molar-refractivity contribution in [1.29, 1.82) is 0 Å². The summed E-state index contributed by atoms with van der Waals surface area (Å²) in [5.41, 5.74) is -0.392. The van der Waals surface area contributed by atoms with Crippen molar-refractivity contribution in [1.82, 2.24) is 25.2 Å². The molecule has 7 rings (SSSR count). The van der Waals surface area contributed by atoms with Gasteiger partial charge in [-0.3, -0.25) is 19.1 Å². The van der Waals surface area contributed by atoms with Crippen LogP contribution >= 0.6 is 0 Å². The summed E-state index contributed by atoms with van der Waals surface area (Å²) in [4.78, 5) is 63.3. The Hall–Kier alpha value is -4.60. The Morgan fingerprint density at radius 2 is 1.85 bits per heavy atom. The minimum atomic E-state index is -3.91. The molecule has 1 unspecified atom stereocenters. The Morgan fingerprint density at radius 1 is 1.08 bits per heavy atom. The zero-order valence-corrected chi connectivity index (χ0v) is 36.9. The van der Waals surface area contributed by atoms with E-state index >= 15 is 4.79 Å². The third kappa shape index (κ3) is 10.2. The molecule has 4 bridgehead atoms. The highest BCUT2D eigenvalue weighted by Gasteiger charge is 2.62. The van der Waals surface area contributed by atoms with E-state index in [9.17, 15) is 22.8 Å². The third-order valence-corrected chi connectivity index (χ3v) is 14.9. The first-order valence-electron chi connectivity index (χ1n) is 22.2. The molecule has 3 saturated carbocycles. The minimum Gasteiger partial charge on any atom is -0.496 e. The molecule has 2 aromatic rings. The van der Waals surface area contributed by atoms with Crippen LogP contribution in [0.15, 0.2) is 30.9 Å². The molecule has 15 nitrogen and oxygen atoms in total. The van der Waals surface area contributed by atoms with Gasteiger partial charge in [0.05, 0.1) is 37.6 Å². The number of cyclic esters (lactones) is 1. The molecule has 61 heavy (non-hydrogen) atoms. The van der Waals surface area contributed by atoms with Crippen molar-refractivity contribution in [3.8, 4) is 17.4 Å². The van der Waals surface area contributed by atoms with Gasteiger partial charge in [-0.05, 0) is 80.8 Å². The number of nitrogens with one attached hydrogen (secondary N) is 3. The smallest absolute Gasteiger partial charge is 0.407 e. The Kier molecular flexibility index (Phi) is 13.4. The molecule has 0 radical (unpaired) electrons. The Bertz CT molecular complexity index is 2100. The quantitative estimate of drug-likeness (QED) is 0.161. The van der Waals surface area contributed by atoms with Gasteiger partial charge in [-0.2, -0.15) is 0 Å². The molecule has 5 atom stereocenters. The largest absolute Gasteiger partial charge is 0.496 e. The van der Waals surface area contributed by atoms with Gasteiger partial charge in [0.2, 0.25) is 27.7 Å². The molecule has 3 heterocycles. The van der Waals surface area contributed by atoms with E-state index in [0.717, 1.165) is 62.3 Å². The number of hydrogen-bond donors (Lipinski definition) is 3. The van der Waals surface area contributed by atoms with E-state index in [-0.39, 0.29) is 37.3 Å². The number of carbonyl (C=O) groups is 4. The number of sulfonamides is 1. The van der Waals surface area contributed by atoms with Crippen molar-refractivity contribution in [2.75, 3.05) is 26.9 Å². The number of pyridine rings is 1. The average molecular weight is 866 g/mol. The van der Waals surface area contributed by atoms with Crippen LogP contribution in [-0.4, -0.2) is 98.0 Å². The lowest BCUT2D eigenvalue weighted by Gasteiger charge is -2.35. The second kappa shape index (κ2) is 18.4. The maximum atomic E-state index is 15.0. The number of benzene rings is 1. The van der Waals surface area contributed by atoms with E-state index in [4.69, 9.17) is 23.9 Å². The van der Waals surface area contributed by atoms with Crippen LogP contribution in [-0.2, 0) is 35.6 Å². The lowest BCUT2D eigenvalue weighted by Crippen LogP contribution is -2.59. The van der Waals surface area contributed by atoms with Gasteiger partial charge in [0.15, 0.2) is 0 Å². The lowest BCUT2D eigenvalue weighted by atomic mass is 9.83. The molecule has 334 valence electrons. The van der Waals surface area contributed by atoms with Crippen LogP contribution < -0.4 is 29.6 Å². The Balaban J connectivity index is 1.26. The Morgan fingerprint density at radius 3 is 2.54 bits per heavy atom. The van der Waals surface area contributed by atoms with Crippen LogP contribution in [0.3, 0.4) is 0 Å². The summed E-state index contributed by atoms with van der Waals surface area (Å²) in [7, 11) is -2.29. The van der Waals surface area contributed by atoms with Crippen molar-refractivity contribution >= 4 is 44.7 Å². The molecule has 16 heteroatoms. The van der Waals surface area contributed by atoms with E-state index in [1.165, 1.54) is 11.0 Å². The highest BCUT2D eigenvalue weighted by Crippen LogP contribution is 2.46. The van der Waals surface area contributed by atoms with E-state index in [1.807, 2.05) is 26.0 Å². The number of nitrogens with zero attached hydrogens (tertiary/aromatic N) is 2. The fraction of sp³-hybridized carbons (Fsp3) is 0.667.